The molecule has 0 amide bonds. The van der Waals surface area contributed by atoms with Crippen LogP contribution >= 0.6 is 0 Å². The van der Waals surface area contributed by atoms with Crippen molar-refractivity contribution in [2.24, 2.45) is 0 Å². The Labute approximate surface area is 118 Å². The SMILES string of the molecule is CCCC(O)CNC1CCS(=O)(=O)c2ccc(F)cc21. The molecule has 2 atom stereocenters. The highest BCUT2D eigenvalue weighted by molar-refractivity contribution is 7.91. The second-order valence-electron chi connectivity index (χ2n) is 5.19. The number of nitrogens with one attached hydrogen (secondary N) is 1. The molecule has 1 aromatic carbocycles. The van der Waals surface area contributed by atoms with Gasteiger partial charge in [-0.25, -0.2) is 12.8 Å². The van der Waals surface area contributed by atoms with Crippen molar-refractivity contribution >= 4 is 9.84 Å². The summed E-state index contributed by atoms with van der Waals surface area (Å²) in [6, 6.07) is 3.55. The third kappa shape index (κ3) is 3.37. The number of fused-ring (bicyclic) bond motifs is 1. The van der Waals surface area contributed by atoms with Crippen molar-refractivity contribution in [3.63, 3.8) is 0 Å². The normalized spacial score (nSPS) is 22.2. The molecule has 0 radical (unpaired) electrons. The first-order valence-electron chi connectivity index (χ1n) is 6.87. The van der Waals surface area contributed by atoms with Crippen LogP contribution in [0.25, 0.3) is 0 Å². The maximum absolute atomic E-state index is 13.4. The summed E-state index contributed by atoms with van der Waals surface area (Å²) in [6.07, 6.45) is 1.51. The molecule has 0 saturated carbocycles. The average Bonchev–Trinajstić information content (AvgIpc) is 2.38. The van der Waals surface area contributed by atoms with E-state index in [1.54, 1.807) is 0 Å². The first-order chi connectivity index (χ1) is 9.44. The van der Waals surface area contributed by atoms with Gasteiger partial charge in [-0.05, 0) is 36.6 Å². The minimum Gasteiger partial charge on any atom is -0.392 e. The first-order valence-corrected chi connectivity index (χ1v) is 8.53. The predicted octanol–water partition coefficient (Wildman–Crippen LogP) is 1.79. The van der Waals surface area contributed by atoms with Gasteiger partial charge < -0.3 is 10.4 Å². The molecular weight excluding hydrogens is 281 g/mol. The van der Waals surface area contributed by atoms with Crippen LogP contribution in [0, 0.1) is 5.82 Å². The Morgan fingerprint density at radius 2 is 2.25 bits per heavy atom. The lowest BCUT2D eigenvalue weighted by Crippen LogP contribution is -2.34. The maximum Gasteiger partial charge on any atom is 0.178 e. The Morgan fingerprint density at radius 1 is 1.50 bits per heavy atom. The van der Waals surface area contributed by atoms with E-state index >= 15 is 0 Å². The number of aliphatic hydroxyl groups is 1. The Bertz CT molecular complexity index is 574. The summed E-state index contributed by atoms with van der Waals surface area (Å²) in [5.74, 6) is -0.394. The molecule has 0 bridgehead atoms. The number of sulfone groups is 1. The van der Waals surface area contributed by atoms with Crippen molar-refractivity contribution in [2.75, 3.05) is 12.3 Å². The van der Waals surface area contributed by atoms with Gasteiger partial charge >= 0.3 is 0 Å². The van der Waals surface area contributed by atoms with Gasteiger partial charge in [0.05, 0.1) is 16.8 Å². The van der Waals surface area contributed by atoms with Gasteiger partial charge in [0.25, 0.3) is 0 Å². The molecular formula is C14H20FNO3S. The summed E-state index contributed by atoms with van der Waals surface area (Å²) >= 11 is 0. The van der Waals surface area contributed by atoms with E-state index in [4.69, 9.17) is 0 Å². The quantitative estimate of drug-likeness (QED) is 0.814. The van der Waals surface area contributed by atoms with Gasteiger partial charge in [0, 0.05) is 12.6 Å². The van der Waals surface area contributed by atoms with Gasteiger partial charge in [0.2, 0.25) is 0 Å². The molecule has 1 aliphatic rings. The number of hydrogen-bond donors (Lipinski definition) is 2. The molecule has 20 heavy (non-hydrogen) atoms. The summed E-state index contributed by atoms with van der Waals surface area (Å²) in [6.45, 7) is 2.37. The smallest absolute Gasteiger partial charge is 0.178 e. The van der Waals surface area contributed by atoms with Gasteiger partial charge in [0.15, 0.2) is 9.84 Å². The monoisotopic (exact) mass is 301 g/mol. The fourth-order valence-electron chi connectivity index (χ4n) is 2.54. The zero-order chi connectivity index (χ0) is 14.8. The van der Waals surface area contributed by atoms with Crippen LogP contribution in [0.5, 0.6) is 0 Å². The minimum atomic E-state index is -3.31. The summed E-state index contributed by atoms with van der Waals surface area (Å²) in [5.41, 5.74) is 0.472. The van der Waals surface area contributed by atoms with Gasteiger partial charge in [-0.15, -0.1) is 0 Å². The zero-order valence-electron chi connectivity index (χ0n) is 11.5. The average molecular weight is 301 g/mol. The molecule has 1 heterocycles. The molecule has 0 aliphatic carbocycles. The Morgan fingerprint density at radius 3 is 2.95 bits per heavy atom. The number of halogens is 1. The summed E-state index contributed by atoms with van der Waals surface area (Å²) in [4.78, 5) is 0.202. The molecule has 1 aliphatic heterocycles. The lowest BCUT2D eigenvalue weighted by atomic mass is 10.0. The summed E-state index contributed by atoms with van der Waals surface area (Å²) in [5, 5.41) is 12.9. The topological polar surface area (TPSA) is 66.4 Å². The van der Waals surface area contributed by atoms with Crippen molar-refractivity contribution < 1.29 is 17.9 Å². The van der Waals surface area contributed by atoms with Crippen molar-refractivity contribution in [1.82, 2.24) is 5.32 Å². The van der Waals surface area contributed by atoms with Crippen LogP contribution < -0.4 is 5.32 Å². The van der Waals surface area contributed by atoms with Gasteiger partial charge in [-0.2, -0.15) is 0 Å². The molecule has 0 fully saturated rings. The van der Waals surface area contributed by atoms with E-state index in [-0.39, 0.29) is 16.7 Å². The molecule has 0 aromatic heterocycles. The van der Waals surface area contributed by atoms with Crippen molar-refractivity contribution in [3.8, 4) is 0 Å². The summed E-state index contributed by atoms with van der Waals surface area (Å²) in [7, 11) is -3.31. The van der Waals surface area contributed by atoms with Crippen LogP contribution in [-0.2, 0) is 9.84 Å². The Balaban J connectivity index is 2.19. The second kappa shape index (κ2) is 6.20. The number of benzene rings is 1. The third-order valence-corrected chi connectivity index (χ3v) is 5.39. The molecule has 6 heteroatoms. The Hall–Kier alpha value is -0.980. The van der Waals surface area contributed by atoms with Gasteiger partial charge in [0.1, 0.15) is 5.82 Å². The lowest BCUT2D eigenvalue weighted by Gasteiger charge is -2.27. The molecule has 2 N–H and O–H groups in total. The van der Waals surface area contributed by atoms with E-state index in [0.29, 0.717) is 24.9 Å². The van der Waals surface area contributed by atoms with E-state index < -0.39 is 21.8 Å². The van der Waals surface area contributed by atoms with Gasteiger partial charge in [-0.3, -0.25) is 0 Å². The van der Waals surface area contributed by atoms with E-state index in [0.717, 1.165) is 6.42 Å². The molecule has 112 valence electrons. The van der Waals surface area contributed by atoms with Crippen LogP contribution in [0.1, 0.15) is 37.8 Å². The largest absolute Gasteiger partial charge is 0.392 e. The van der Waals surface area contributed by atoms with E-state index in [1.807, 2.05) is 6.92 Å². The van der Waals surface area contributed by atoms with Crippen molar-refractivity contribution in [3.05, 3.63) is 29.6 Å². The maximum atomic E-state index is 13.4. The molecule has 0 saturated heterocycles. The number of aliphatic hydroxyl groups excluding tert-OH is 1. The lowest BCUT2D eigenvalue weighted by molar-refractivity contribution is 0.155. The van der Waals surface area contributed by atoms with E-state index in [1.165, 1.54) is 18.2 Å². The van der Waals surface area contributed by atoms with Crippen molar-refractivity contribution in [2.45, 2.75) is 43.2 Å². The highest BCUT2D eigenvalue weighted by atomic mass is 32.2. The number of rotatable bonds is 5. The van der Waals surface area contributed by atoms with Crippen LogP contribution in [0.2, 0.25) is 0 Å². The second-order valence-corrected chi connectivity index (χ2v) is 7.27. The summed E-state index contributed by atoms with van der Waals surface area (Å²) < 4.78 is 37.3. The fourth-order valence-corrected chi connectivity index (χ4v) is 4.14. The molecule has 1 aromatic rings. The number of hydrogen-bond acceptors (Lipinski definition) is 4. The predicted molar refractivity (Wildman–Crippen MR) is 74.7 cm³/mol. The zero-order valence-corrected chi connectivity index (χ0v) is 12.3. The molecule has 4 nitrogen and oxygen atoms in total. The molecule has 2 unspecified atom stereocenters. The van der Waals surface area contributed by atoms with E-state index in [2.05, 4.69) is 5.32 Å². The van der Waals surface area contributed by atoms with Crippen LogP contribution in [0.3, 0.4) is 0 Å². The van der Waals surface area contributed by atoms with Crippen LogP contribution in [0.4, 0.5) is 4.39 Å². The van der Waals surface area contributed by atoms with Gasteiger partial charge in [-0.1, -0.05) is 13.3 Å². The Kier molecular flexibility index (Phi) is 4.78. The highest BCUT2D eigenvalue weighted by Crippen LogP contribution is 2.32. The third-order valence-electron chi connectivity index (χ3n) is 3.58. The molecule has 0 spiro atoms. The van der Waals surface area contributed by atoms with Crippen molar-refractivity contribution in [1.29, 1.82) is 0 Å². The van der Waals surface area contributed by atoms with Crippen LogP contribution in [-0.4, -0.2) is 31.9 Å². The molecule has 2 rings (SSSR count). The first kappa shape index (κ1) is 15.4. The minimum absolute atomic E-state index is 0.0488. The van der Waals surface area contributed by atoms with Crippen LogP contribution in [0.15, 0.2) is 23.1 Å². The standard InChI is InChI=1S/C14H20FNO3S/c1-2-3-11(17)9-16-13-6-7-20(18,19)14-5-4-10(15)8-12(13)14/h4-5,8,11,13,16-17H,2-3,6-7,9H2,1H3. The fraction of sp³-hybridized carbons (Fsp3) is 0.571. The highest BCUT2D eigenvalue weighted by Gasteiger charge is 2.30. The van der Waals surface area contributed by atoms with E-state index in [9.17, 15) is 17.9 Å².